The van der Waals surface area contributed by atoms with Crippen LogP contribution in [0.25, 0.3) is 0 Å². The van der Waals surface area contributed by atoms with E-state index in [2.05, 4.69) is 9.38 Å². The van der Waals surface area contributed by atoms with Gasteiger partial charge in [-0.1, -0.05) is 0 Å². The number of carbonyl (C=O) groups is 2. The van der Waals surface area contributed by atoms with Crippen molar-refractivity contribution in [1.82, 2.24) is 19.7 Å². The van der Waals surface area contributed by atoms with Gasteiger partial charge in [-0.05, 0) is 0 Å². The standard InChI is InChI=1S/C9H12N6O6S/c10-1-5-7-4(2-14(12-7)8(11)16)6-3-13(5)9(17)15(6)21-22(18,19)20/h2,5-6H,1,3,10H2,(H2,11,16)(H,18,19,20)/t5?,6-/m0/s1. The van der Waals surface area contributed by atoms with Crippen molar-refractivity contribution in [1.29, 1.82) is 0 Å². The predicted molar refractivity (Wildman–Crippen MR) is 68.3 cm³/mol. The first-order chi connectivity index (χ1) is 10.2. The molecule has 0 aliphatic carbocycles. The van der Waals surface area contributed by atoms with Crippen molar-refractivity contribution in [3.05, 3.63) is 17.5 Å². The van der Waals surface area contributed by atoms with Gasteiger partial charge in [0, 0.05) is 18.3 Å². The Morgan fingerprint density at radius 2 is 2.23 bits per heavy atom. The topological polar surface area (TPSA) is 174 Å². The quantitative estimate of drug-likeness (QED) is 0.551. The fourth-order valence-electron chi connectivity index (χ4n) is 2.68. The Bertz CT molecular complexity index is 759. The Morgan fingerprint density at radius 3 is 2.77 bits per heavy atom. The van der Waals surface area contributed by atoms with Gasteiger partial charge in [0.1, 0.15) is 6.04 Å². The summed E-state index contributed by atoms with van der Waals surface area (Å²) in [7, 11) is -4.89. The third-order valence-electron chi connectivity index (χ3n) is 3.53. The Balaban J connectivity index is 2.08. The zero-order valence-electron chi connectivity index (χ0n) is 11.0. The molecule has 2 aliphatic heterocycles. The van der Waals surface area contributed by atoms with Crippen molar-refractivity contribution in [2.24, 2.45) is 11.5 Å². The lowest BCUT2D eigenvalue weighted by molar-refractivity contribution is -0.0317. The van der Waals surface area contributed by atoms with Gasteiger partial charge in [0.2, 0.25) is 0 Å². The summed E-state index contributed by atoms with van der Waals surface area (Å²) in [6.45, 7) is 0.0780. The summed E-state index contributed by atoms with van der Waals surface area (Å²) in [5, 5.41) is 4.49. The highest BCUT2D eigenvalue weighted by molar-refractivity contribution is 7.80. The summed E-state index contributed by atoms with van der Waals surface area (Å²) in [5.41, 5.74) is 11.5. The maximum absolute atomic E-state index is 12.2. The summed E-state index contributed by atoms with van der Waals surface area (Å²) >= 11 is 0. The van der Waals surface area contributed by atoms with Crippen molar-refractivity contribution in [2.45, 2.75) is 12.1 Å². The molecule has 3 amide bonds. The molecule has 1 aromatic rings. The lowest BCUT2D eigenvalue weighted by atomic mass is 9.98. The van der Waals surface area contributed by atoms with Crippen molar-refractivity contribution < 1.29 is 26.8 Å². The van der Waals surface area contributed by atoms with E-state index in [1.165, 1.54) is 11.1 Å². The maximum Gasteiger partial charge on any atom is 0.418 e. The highest BCUT2D eigenvalue weighted by Gasteiger charge is 2.51. The molecule has 2 aliphatic rings. The molecular formula is C9H12N6O6S. The van der Waals surface area contributed by atoms with Gasteiger partial charge in [0.15, 0.2) is 0 Å². The summed E-state index contributed by atoms with van der Waals surface area (Å²) in [5.74, 6) is 0. The minimum absolute atomic E-state index is 0.000943. The highest BCUT2D eigenvalue weighted by atomic mass is 32.3. The molecule has 120 valence electrons. The molecule has 0 aromatic carbocycles. The van der Waals surface area contributed by atoms with Gasteiger partial charge in [-0.25, -0.2) is 9.59 Å². The highest BCUT2D eigenvalue weighted by Crippen LogP contribution is 2.43. The van der Waals surface area contributed by atoms with Gasteiger partial charge in [-0.3, -0.25) is 4.55 Å². The van der Waals surface area contributed by atoms with Gasteiger partial charge >= 0.3 is 22.5 Å². The normalized spacial score (nSPS) is 23.8. The van der Waals surface area contributed by atoms with Crippen molar-refractivity contribution in [3.8, 4) is 0 Å². The van der Waals surface area contributed by atoms with Crippen LogP contribution in [-0.2, 0) is 14.7 Å². The number of nitrogens with two attached hydrogens (primary N) is 2. The van der Waals surface area contributed by atoms with Crippen molar-refractivity contribution >= 4 is 22.5 Å². The van der Waals surface area contributed by atoms with E-state index in [1.54, 1.807) is 0 Å². The van der Waals surface area contributed by atoms with E-state index in [9.17, 15) is 18.0 Å². The second-order valence-electron chi connectivity index (χ2n) is 4.78. The van der Waals surface area contributed by atoms with Crippen LogP contribution in [0, 0.1) is 0 Å². The molecule has 1 unspecified atom stereocenters. The number of hydroxylamine groups is 2. The maximum atomic E-state index is 12.2. The van der Waals surface area contributed by atoms with Crippen LogP contribution < -0.4 is 11.5 Å². The molecule has 0 radical (unpaired) electrons. The second-order valence-corrected chi connectivity index (χ2v) is 5.79. The first-order valence-electron chi connectivity index (χ1n) is 6.09. The molecule has 0 spiro atoms. The molecule has 3 heterocycles. The van der Waals surface area contributed by atoms with E-state index in [4.69, 9.17) is 16.0 Å². The van der Waals surface area contributed by atoms with Gasteiger partial charge < -0.3 is 16.4 Å². The van der Waals surface area contributed by atoms with E-state index in [-0.39, 0.29) is 13.1 Å². The average Bonchev–Trinajstić information content (AvgIpc) is 2.95. The van der Waals surface area contributed by atoms with Crippen molar-refractivity contribution in [3.63, 3.8) is 0 Å². The van der Waals surface area contributed by atoms with Crippen LogP contribution in [0.5, 0.6) is 0 Å². The van der Waals surface area contributed by atoms with E-state index < -0.39 is 34.5 Å². The number of primary amides is 1. The number of amides is 3. The Morgan fingerprint density at radius 1 is 1.55 bits per heavy atom. The number of hydrogen-bond donors (Lipinski definition) is 3. The predicted octanol–water partition coefficient (Wildman–Crippen LogP) is -1.66. The summed E-state index contributed by atoms with van der Waals surface area (Å²) in [4.78, 5) is 24.7. The number of carbonyl (C=O) groups excluding carboxylic acids is 2. The fourth-order valence-corrected chi connectivity index (χ4v) is 3.06. The van der Waals surface area contributed by atoms with Crippen LogP contribution >= 0.6 is 0 Å². The molecule has 22 heavy (non-hydrogen) atoms. The Labute approximate surface area is 124 Å². The van der Waals surface area contributed by atoms with Crippen LogP contribution in [0.4, 0.5) is 9.59 Å². The number of aromatic nitrogens is 2. The number of hydrogen-bond acceptors (Lipinski definition) is 7. The molecule has 5 N–H and O–H groups in total. The summed E-state index contributed by atoms with van der Waals surface area (Å²) in [6.07, 6.45) is 1.28. The fraction of sp³-hybridized carbons (Fsp3) is 0.444. The van der Waals surface area contributed by atoms with Crippen LogP contribution in [0.2, 0.25) is 0 Å². The number of fused-ring (bicyclic) bond motifs is 4. The van der Waals surface area contributed by atoms with Crippen LogP contribution in [0.3, 0.4) is 0 Å². The smallest absolute Gasteiger partial charge is 0.350 e. The first kappa shape index (κ1) is 14.7. The van der Waals surface area contributed by atoms with Crippen LogP contribution in [-0.4, -0.2) is 57.9 Å². The zero-order chi connectivity index (χ0) is 16.2. The first-order valence-corrected chi connectivity index (χ1v) is 7.45. The largest absolute Gasteiger partial charge is 0.418 e. The molecule has 1 aromatic heterocycles. The van der Waals surface area contributed by atoms with Gasteiger partial charge in [-0.2, -0.15) is 23.3 Å². The SMILES string of the molecule is NCC1c2nn(C(N)=O)cc2[C@@H]2CN1C(=O)N2OS(=O)(=O)O. The Hall–Kier alpha value is -2.22. The lowest BCUT2D eigenvalue weighted by Crippen LogP contribution is -2.38. The number of urea groups is 1. The van der Waals surface area contributed by atoms with Crippen LogP contribution in [0.1, 0.15) is 23.3 Å². The zero-order valence-corrected chi connectivity index (χ0v) is 11.8. The van der Waals surface area contributed by atoms with E-state index in [0.29, 0.717) is 16.3 Å². The minimum atomic E-state index is -4.89. The number of rotatable bonds is 3. The molecule has 2 atom stereocenters. The molecular weight excluding hydrogens is 320 g/mol. The number of nitrogens with zero attached hydrogens (tertiary/aromatic N) is 4. The molecule has 0 saturated carbocycles. The van der Waals surface area contributed by atoms with Gasteiger partial charge in [0.25, 0.3) is 0 Å². The molecule has 3 rings (SSSR count). The third-order valence-corrected chi connectivity index (χ3v) is 3.88. The Kier molecular flexibility index (Phi) is 3.10. The summed E-state index contributed by atoms with van der Waals surface area (Å²) in [6, 6.07) is -3.14. The minimum Gasteiger partial charge on any atom is -0.350 e. The van der Waals surface area contributed by atoms with E-state index in [1.807, 2.05) is 0 Å². The van der Waals surface area contributed by atoms with E-state index >= 15 is 0 Å². The van der Waals surface area contributed by atoms with Gasteiger partial charge in [0.05, 0.1) is 18.3 Å². The molecule has 1 saturated heterocycles. The monoisotopic (exact) mass is 332 g/mol. The van der Waals surface area contributed by atoms with E-state index in [0.717, 1.165) is 4.68 Å². The van der Waals surface area contributed by atoms with Crippen molar-refractivity contribution in [2.75, 3.05) is 13.1 Å². The molecule has 12 nitrogen and oxygen atoms in total. The van der Waals surface area contributed by atoms with Crippen LogP contribution in [0.15, 0.2) is 6.20 Å². The van der Waals surface area contributed by atoms with Gasteiger partial charge in [-0.15, -0.1) is 4.28 Å². The third kappa shape index (κ3) is 2.10. The molecule has 1 fully saturated rings. The molecule has 2 bridgehead atoms. The lowest BCUT2D eigenvalue weighted by Gasteiger charge is -2.28. The summed E-state index contributed by atoms with van der Waals surface area (Å²) < 4.78 is 35.8. The second kappa shape index (κ2) is 4.64. The average molecular weight is 332 g/mol. The molecule has 13 heteroatoms.